The maximum Gasteiger partial charge on any atom is 0.276 e. The van der Waals surface area contributed by atoms with Gasteiger partial charge >= 0.3 is 0 Å². The number of ether oxygens (including phenoxy) is 1. The Labute approximate surface area is 156 Å². The van der Waals surface area contributed by atoms with Crippen molar-refractivity contribution in [3.63, 3.8) is 0 Å². The van der Waals surface area contributed by atoms with E-state index in [1.807, 2.05) is 13.8 Å². The Hall–Kier alpha value is -2.90. The van der Waals surface area contributed by atoms with Crippen LogP contribution in [0.25, 0.3) is 0 Å². The highest BCUT2D eigenvalue weighted by atomic mass is 19.1. The second kappa shape index (κ2) is 7.77. The maximum absolute atomic E-state index is 13.2. The summed E-state index contributed by atoms with van der Waals surface area (Å²) in [5.74, 6) is -0.324. The number of hydrogen-bond acceptors (Lipinski definition) is 5. The van der Waals surface area contributed by atoms with Gasteiger partial charge in [0.05, 0.1) is 0 Å². The van der Waals surface area contributed by atoms with Crippen molar-refractivity contribution >= 4 is 11.8 Å². The van der Waals surface area contributed by atoms with Gasteiger partial charge < -0.3 is 19.0 Å². The highest BCUT2D eigenvalue weighted by molar-refractivity contribution is 5.96. The van der Waals surface area contributed by atoms with Gasteiger partial charge in [0.1, 0.15) is 23.9 Å². The number of amides is 2. The molecule has 7 nitrogen and oxygen atoms in total. The molecule has 0 N–H and O–H groups in total. The molecule has 0 unspecified atom stereocenters. The molecule has 0 spiro atoms. The van der Waals surface area contributed by atoms with Crippen LogP contribution >= 0.6 is 0 Å². The van der Waals surface area contributed by atoms with Crippen molar-refractivity contribution in [3.05, 3.63) is 47.9 Å². The molecular weight excluding hydrogens is 353 g/mol. The summed E-state index contributed by atoms with van der Waals surface area (Å²) in [6, 6.07) is 5.18. The van der Waals surface area contributed by atoms with Gasteiger partial charge in [0.15, 0.2) is 12.3 Å². The van der Waals surface area contributed by atoms with Gasteiger partial charge in [-0.15, -0.1) is 0 Å². The van der Waals surface area contributed by atoms with E-state index >= 15 is 0 Å². The maximum atomic E-state index is 13.2. The van der Waals surface area contributed by atoms with E-state index < -0.39 is 11.9 Å². The third-order valence-corrected chi connectivity index (χ3v) is 4.46. The second-order valence-corrected chi connectivity index (χ2v) is 6.82. The highest BCUT2D eigenvalue weighted by Gasteiger charge is 2.39. The summed E-state index contributed by atoms with van der Waals surface area (Å²) in [5.41, 5.74) is 0.121. The van der Waals surface area contributed by atoms with Crippen LogP contribution in [0.15, 0.2) is 34.9 Å². The lowest BCUT2D eigenvalue weighted by molar-refractivity contribution is -0.140. The largest absolute Gasteiger partial charge is 0.484 e. The fourth-order valence-electron chi connectivity index (χ4n) is 3.06. The lowest BCUT2D eigenvalue weighted by atomic mass is 9.98. The molecule has 0 aliphatic carbocycles. The summed E-state index contributed by atoms with van der Waals surface area (Å²) in [6.45, 7) is 4.69. The van der Waals surface area contributed by atoms with Crippen LogP contribution in [0.5, 0.6) is 5.75 Å². The molecule has 1 saturated heterocycles. The van der Waals surface area contributed by atoms with Crippen LogP contribution < -0.4 is 4.74 Å². The number of oxazole rings is 1. The molecule has 0 radical (unpaired) electrons. The molecule has 3 rings (SSSR count). The number of nitrogens with zero attached hydrogens (tertiary/aromatic N) is 3. The number of halogens is 1. The molecule has 1 aromatic heterocycles. The SMILES string of the molecule is CC(C)[C@H]1C(=O)N(C)CCN1C(=O)c1coc(COc2cccc(F)c2)n1. The van der Waals surface area contributed by atoms with Crippen LogP contribution in [0.4, 0.5) is 4.39 Å². The summed E-state index contributed by atoms with van der Waals surface area (Å²) in [5, 5.41) is 0. The van der Waals surface area contributed by atoms with Gasteiger partial charge in [0.2, 0.25) is 11.8 Å². The molecule has 8 heteroatoms. The van der Waals surface area contributed by atoms with Crippen LogP contribution in [0.2, 0.25) is 0 Å². The minimum atomic E-state index is -0.528. The molecule has 144 valence electrons. The van der Waals surface area contributed by atoms with Crippen LogP contribution in [0.1, 0.15) is 30.2 Å². The Morgan fingerprint density at radius 1 is 1.41 bits per heavy atom. The van der Waals surface area contributed by atoms with E-state index in [9.17, 15) is 14.0 Å². The average Bonchev–Trinajstić information content (AvgIpc) is 3.10. The number of hydrogen-bond donors (Lipinski definition) is 0. The topological polar surface area (TPSA) is 75.9 Å². The number of carbonyl (C=O) groups is 2. The summed E-state index contributed by atoms with van der Waals surface area (Å²) in [4.78, 5) is 32.6. The van der Waals surface area contributed by atoms with Gasteiger partial charge in [-0.1, -0.05) is 19.9 Å². The fraction of sp³-hybridized carbons (Fsp3) is 0.421. The number of aromatic nitrogens is 1. The highest BCUT2D eigenvalue weighted by Crippen LogP contribution is 2.21. The normalized spacial score (nSPS) is 17.5. The zero-order chi connectivity index (χ0) is 19.6. The van der Waals surface area contributed by atoms with Crippen molar-refractivity contribution in [1.82, 2.24) is 14.8 Å². The Kier molecular flexibility index (Phi) is 5.43. The van der Waals surface area contributed by atoms with Gasteiger partial charge in [0, 0.05) is 26.2 Å². The monoisotopic (exact) mass is 375 g/mol. The second-order valence-electron chi connectivity index (χ2n) is 6.82. The van der Waals surface area contributed by atoms with Crippen LogP contribution in [-0.4, -0.2) is 52.8 Å². The standard InChI is InChI=1S/C19H22FN3O4/c1-12(2)17-19(25)22(3)7-8-23(17)18(24)15-10-27-16(21-15)11-26-14-6-4-5-13(20)9-14/h4-6,9-10,12,17H,7-8,11H2,1-3H3/t17-/m0/s1. The van der Waals surface area contributed by atoms with E-state index in [1.54, 1.807) is 22.9 Å². The molecule has 1 aliphatic heterocycles. The third-order valence-electron chi connectivity index (χ3n) is 4.46. The van der Waals surface area contributed by atoms with Gasteiger partial charge in [-0.2, -0.15) is 0 Å². The van der Waals surface area contributed by atoms with E-state index in [-0.39, 0.29) is 35.9 Å². The number of rotatable bonds is 5. The first-order chi connectivity index (χ1) is 12.9. The predicted octanol–water partition coefficient (Wildman–Crippen LogP) is 2.33. The first kappa shape index (κ1) is 18.9. The minimum absolute atomic E-state index is 0.0214. The minimum Gasteiger partial charge on any atom is -0.484 e. The number of likely N-dealkylation sites (N-methyl/N-ethyl adjacent to an activating group) is 1. The smallest absolute Gasteiger partial charge is 0.276 e. The van der Waals surface area contributed by atoms with Crippen molar-refractivity contribution in [2.45, 2.75) is 26.5 Å². The van der Waals surface area contributed by atoms with Crippen molar-refractivity contribution in [3.8, 4) is 5.75 Å². The lowest BCUT2D eigenvalue weighted by Gasteiger charge is -2.40. The summed E-state index contributed by atoms with van der Waals surface area (Å²) in [7, 11) is 1.73. The van der Waals surface area contributed by atoms with Crippen molar-refractivity contribution in [2.24, 2.45) is 5.92 Å². The zero-order valence-corrected chi connectivity index (χ0v) is 15.5. The molecule has 0 bridgehead atoms. The fourth-order valence-corrected chi connectivity index (χ4v) is 3.06. The number of benzene rings is 1. The Morgan fingerprint density at radius 2 is 2.19 bits per heavy atom. The van der Waals surface area contributed by atoms with Crippen LogP contribution in [-0.2, 0) is 11.4 Å². The van der Waals surface area contributed by atoms with Crippen molar-refractivity contribution in [1.29, 1.82) is 0 Å². The molecule has 1 aliphatic rings. The molecule has 1 aromatic carbocycles. The zero-order valence-electron chi connectivity index (χ0n) is 15.5. The number of piperazine rings is 1. The van der Waals surface area contributed by atoms with Gasteiger partial charge in [-0.3, -0.25) is 9.59 Å². The summed E-state index contributed by atoms with van der Waals surface area (Å²) >= 11 is 0. The third kappa shape index (κ3) is 4.10. The first-order valence-corrected chi connectivity index (χ1v) is 8.75. The average molecular weight is 375 g/mol. The Morgan fingerprint density at radius 3 is 2.89 bits per heavy atom. The molecule has 2 amide bonds. The quantitative estimate of drug-likeness (QED) is 0.802. The number of carbonyl (C=O) groups excluding carboxylic acids is 2. The van der Waals surface area contributed by atoms with Gasteiger partial charge in [0.25, 0.3) is 5.91 Å². The Bertz CT molecular complexity index is 836. The van der Waals surface area contributed by atoms with Crippen LogP contribution in [0.3, 0.4) is 0 Å². The van der Waals surface area contributed by atoms with Crippen molar-refractivity contribution < 1.29 is 23.1 Å². The predicted molar refractivity (Wildman–Crippen MR) is 94.5 cm³/mol. The molecule has 1 atom stereocenters. The lowest BCUT2D eigenvalue weighted by Crippen LogP contribution is -2.59. The van der Waals surface area contributed by atoms with E-state index in [4.69, 9.17) is 9.15 Å². The van der Waals surface area contributed by atoms with Gasteiger partial charge in [-0.25, -0.2) is 9.37 Å². The van der Waals surface area contributed by atoms with E-state index in [0.29, 0.717) is 18.8 Å². The summed E-state index contributed by atoms with van der Waals surface area (Å²) in [6.07, 6.45) is 1.26. The summed E-state index contributed by atoms with van der Waals surface area (Å²) < 4.78 is 23.9. The van der Waals surface area contributed by atoms with E-state index in [0.717, 1.165) is 0 Å². The molecule has 27 heavy (non-hydrogen) atoms. The Balaban J connectivity index is 1.69. The molecule has 1 fully saturated rings. The van der Waals surface area contributed by atoms with Gasteiger partial charge in [-0.05, 0) is 18.1 Å². The van der Waals surface area contributed by atoms with Crippen molar-refractivity contribution in [2.75, 3.05) is 20.1 Å². The van der Waals surface area contributed by atoms with E-state index in [1.165, 1.54) is 24.5 Å². The first-order valence-electron chi connectivity index (χ1n) is 8.75. The molecule has 2 aromatic rings. The molecule has 2 heterocycles. The molecular formula is C19H22FN3O4. The van der Waals surface area contributed by atoms with Crippen LogP contribution in [0, 0.1) is 11.7 Å². The van der Waals surface area contributed by atoms with E-state index in [2.05, 4.69) is 4.98 Å². The molecule has 0 saturated carbocycles.